The lowest BCUT2D eigenvalue weighted by molar-refractivity contribution is 0.405. The molecule has 0 fully saturated rings. The van der Waals surface area contributed by atoms with Crippen LogP contribution in [0.4, 0.5) is 0 Å². The summed E-state index contributed by atoms with van der Waals surface area (Å²) in [5.41, 5.74) is 2.84. The Balaban J connectivity index is 2.22. The van der Waals surface area contributed by atoms with Crippen LogP contribution in [0.2, 0.25) is 0 Å². The van der Waals surface area contributed by atoms with E-state index in [9.17, 15) is 4.79 Å². The molecule has 5 nitrogen and oxygen atoms in total. The first-order valence-corrected chi connectivity index (χ1v) is 6.53. The van der Waals surface area contributed by atoms with E-state index in [1.807, 2.05) is 12.1 Å². The highest BCUT2D eigenvalue weighted by molar-refractivity contribution is 5.92. The van der Waals surface area contributed by atoms with Crippen LogP contribution in [0.1, 0.15) is 31.1 Å². The number of H-pyrrole nitrogens is 1. The maximum atomic E-state index is 11.7. The second-order valence-electron chi connectivity index (χ2n) is 5.14. The molecule has 102 valence electrons. The molecule has 0 atom stereocenters. The van der Waals surface area contributed by atoms with Gasteiger partial charge in [0.15, 0.2) is 5.52 Å². The van der Waals surface area contributed by atoms with E-state index in [0.717, 1.165) is 5.56 Å². The average molecular weight is 269 g/mol. The van der Waals surface area contributed by atoms with Gasteiger partial charge in [0.25, 0.3) is 5.56 Å². The SMILES string of the molecule is Cc1onc2c(=O)[nH]nc(-c3ccc(C(C)C)cc3)c12. The minimum absolute atomic E-state index is 0.292. The van der Waals surface area contributed by atoms with Crippen LogP contribution in [0.5, 0.6) is 0 Å². The van der Waals surface area contributed by atoms with Crippen molar-refractivity contribution in [2.75, 3.05) is 0 Å². The highest BCUT2D eigenvalue weighted by Crippen LogP contribution is 2.27. The third-order valence-electron chi connectivity index (χ3n) is 3.43. The van der Waals surface area contributed by atoms with E-state index < -0.39 is 0 Å². The third-order valence-corrected chi connectivity index (χ3v) is 3.43. The number of aromatic nitrogens is 3. The van der Waals surface area contributed by atoms with Gasteiger partial charge in [-0.15, -0.1) is 0 Å². The Labute approximate surface area is 115 Å². The van der Waals surface area contributed by atoms with Crippen LogP contribution in [0.3, 0.4) is 0 Å². The Morgan fingerprint density at radius 2 is 1.90 bits per heavy atom. The number of nitrogens with one attached hydrogen (secondary N) is 1. The third kappa shape index (κ3) is 1.91. The summed E-state index contributed by atoms with van der Waals surface area (Å²) in [6.07, 6.45) is 0. The quantitative estimate of drug-likeness (QED) is 0.776. The molecular formula is C15H15N3O2. The molecule has 0 bridgehead atoms. The molecule has 0 spiro atoms. The van der Waals surface area contributed by atoms with Gasteiger partial charge in [-0.1, -0.05) is 43.3 Å². The van der Waals surface area contributed by atoms with Crippen molar-refractivity contribution < 1.29 is 4.52 Å². The summed E-state index contributed by atoms with van der Waals surface area (Å²) in [4.78, 5) is 11.7. The molecule has 0 aliphatic carbocycles. The normalized spacial score (nSPS) is 11.4. The molecule has 0 saturated heterocycles. The second kappa shape index (κ2) is 4.59. The number of rotatable bonds is 2. The smallest absolute Gasteiger partial charge is 0.294 e. The van der Waals surface area contributed by atoms with E-state index in [1.54, 1.807) is 6.92 Å². The number of hydrogen-bond donors (Lipinski definition) is 1. The number of nitrogens with zero attached hydrogens (tertiary/aromatic N) is 2. The van der Waals surface area contributed by atoms with E-state index >= 15 is 0 Å². The molecule has 0 amide bonds. The first-order valence-electron chi connectivity index (χ1n) is 6.53. The van der Waals surface area contributed by atoms with Crippen LogP contribution in [-0.4, -0.2) is 15.4 Å². The summed E-state index contributed by atoms with van der Waals surface area (Å²) in [5, 5.41) is 11.1. The predicted octanol–water partition coefficient (Wildman–Crippen LogP) is 3.01. The topological polar surface area (TPSA) is 71.8 Å². The van der Waals surface area contributed by atoms with Crippen molar-refractivity contribution in [1.82, 2.24) is 15.4 Å². The molecule has 0 unspecified atom stereocenters. The van der Waals surface area contributed by atoms with Gasteiger partial charge >= 0.3 is 0 Å². The van der Waals surface area contributed by atoms with Crippen LogP contribution in [-0.2, 0) is 0 Å². The van der Waals surface area contributed by atoms with Crippen LogP contribution in [0.15, 0.2) is 33.6 Å². The van der Waals surface area contributed by atoms with Crippen molar-refractivity contribution in [3.05, 3.63) is 45.9 Å². The lowest BCUT2D eigenvalue weighted by Gasteiger charge is -2.07. The minimum Gasteiger partial charge on any atom is -0.360 e. The van der Waals surface area contributed by atoms with Gasteiger partial charge in [-0.3, -0.25) is 4.79 Å². The van der Waals surface area contributed by atoms with Crippen LogP contribution in [0, 0.1) is 6.92 Å². The fraction of sp³-hybridized carbons (Fsp3) is 0.267. The summed E-state index contributed by atoms with van der Waals surface area (Å²) in [6.45, 7) is 6.08. The Morgan fingerprint density at radius 1 is 1.20 bits per heavy atom. The Kier molecular flexibility index (Phi) is 2.89. The zero-order chi connectivity index (χ0) is 14.3. The fourth-order valence-corrected chi connectivity index (χ4v) is 2.26. The molecule has 2 aromatic heterocycles. The Bertz CT molecular complexity index is 813. The first kappa shape index (κ1) is 12.6. The van der Waals surface area contributed by atoms with Crippen molar-refractivity contribution in [2.45, 2.75) is 26.7 Å². The summed E-state index contributed by atoms with van der Waals surface area (Å²) in [7, 11) is 0. The molecular weight excluding hydrogens is 254 g/mol. The Hall–Kier alpha value is -2.43. The van der Waals surface area contributed by atoms with Gasteiger partial charge in [0, 0.05) is 5.56 Å². The van der Waals surface area contributed by atoms with E-state index in [-0.39, 0.29) is 5.56 Å². The number of hydrogen-bond acceptors (Lipinski definition) is 4. The average Bonchev–Trinajstić information content (AvgIpc) is 2.83. The lowest BCUT2D eigenvalue weighted by atomic mass is 10.00. The highest BCUT2D eigenvalue weighted by Gasteiger charge is 2.15. The number of fused-ring (bicyclic) bond motifs is 1. The molecule has 0 aliphatic heterocycles. The zero-order valence-electron chi connectivity index (χ0n) is 11.6. The van der Waals surface area contributed by atoms with Crippen LogP contribution >= 0.6 is 0 Å². The molecule has 1 N–H and O–H groups in total. The molecule has 1 aromatic carbocycles. The summed E-state index contributed by atoms with van der Waals surface area (Å²) >= 11 is 0. The van der Waals surface area contributed by atoms with E-state index in [1.165, 1.54) is 5.56 Å². The first-order chi connectivity index (χ1) is 9.58. The summed E-state index contributed by atoms with van der Waals surface area (Å²) in [5.74, 6) is 1.08. The van der Waals surface area contributed by atoms with Crippen molar-refractivity contribution in [3.63, 3.8) is 0 Å². The van der Waals surface area contributed by atoms with Gasteiger partial charge in [-0.25, -0.2) is 5.10 Å². The monoisotopic (exact) mass is 269 g/mol. The highest BCUT2D eigenvalue weighted by atomic mass is 16.5. The van der Waals surface area contributed by atoms with Gasteiger partial charge in [-0.2, -0.15) is 5.10 Å². The molecule has 2 heterocycles. The molecule has 0 aliphatic rings. The molecule has 3 rings (SSSR count). The van der Waals surface area contributed by atoms with Gasteiger partial charge < -0.3 is 4.52 Å². The Morgan fingerprint density at radius 3 is 2.55 bits per heavy atom. The maximum Gasteiger partial charge on any atom is 0.294 e. The molecule has 20 heavy (non-hydrogen) atoms. The molecule has 5 heteroatoms. The fourth-order valence-electron chi connectivity index (χ4n) is 2.26. The van der Waals surface area contributed by atoms with Gasteiger partial charge in [0.2, 0.25) is 0 Å². The van der Waals surface area contributed by atoms with Crippen LogP contribution in [0.25, 0.3) is 22.2 Å². The maximum absolute atomic E-state index is 11.7. The predicted molar refractivity (Wildman–Crippen MR) is 76.7 cm³/mol. The van der Waals surface area contributed by atoms with Crippen molar-refractivity contribution in [3.8, 4) is 11.3 Å². The van der Waals surface area contributed by atoms with Gasteiger partial charge in [-0.05, 0) is 18.4 Å². The van der Waals surface area contributed by atoms with Crippen LogP contribution < -0.4 is 5.56 Å². The molecule has 0 radical (unpaired) electrons. The van der Waals surface area contributed by atoms with Crippen molar-refractivity contribution >= 4 is 10.9 Å². The van der Waals surface area contributed by atoms with Crippen molar-refractivity contribution in [1.29, 1.82) is 0 Å². The molecule has 3 aromatic rings. The summed E-state index contributed by atoms with van der Waals surface area (Å²) < 4.78 is 5.11. The zero-order valence-corrected chi connectivity index (χ0v) is 11.6. The largest absolute Gasteiger partial charge is 0.360 e. The van der Waals surface area contributed by atoms with E-state index in [0.29, 0.717) is 28.3 Å². The lowest BCUT2D eigenvalue weighted by Crippen LogP contribution is -2.09. The van der Waals surface area contributed by atoms with Gasteiger partial charge in [0.05, 0.1) is 5.39 Å². The van der Waals surface area contributed by atoms with E-state index in [4.69, 9.17) is 4.52 Å². The van der Waals surface area contributed by atoms with Crippen molar-refractivity contribution in [2.24, 2.45) is 0 Å². The number of aromatic amines is 1. The number of benzene rings is 1. The number of aryl methyl sites for hydroxylation is 1. The van der Waals surface area contributed by atoms with E-state index in [2.05, 4.69) is 41.3 Å². The summed E-state index contributed by atoms with van der Waals surface area (Å²) in [6, 6.07) is 8.15. The molecule has 0 saturated carbocycles. The van der Waals surface area contributed by atoms with Gasteiger partial charge in [0.1, 0.15) is 11.5 Å². The standard InChI is InChI=1S/C15H15N3O2/c1-8(2)10-4-6-11(7-5-10)13-12-9(3)20-18-14(12)15(19)17-16-13/h4-8H,1-3H3,(H,17,19). The minimum atomic E-state index is -0.334. The second-order valence-corrected chi connectivity index (χ2v) is 5.14.